The maximum absolute atomic E-state index is 11.5. The predicted molar refractivity (Wildman–Crippen MR) is 68.8 cm³/mol. The van der Waals surface area contributed by atoms with Crippen molar-refractivity contribution < 1.29 is 9.90 Å². The van der Waals surface area contributed by atoms with Crippen LogP contribution in [0.2, 0.25) is 0 Å². The number of aliphatic hydroxyl groups is 1. The third-order valence-corrected chi connectivity index (χ3v) is 3.54. The number of hydrogen-bond acceptors (Lipinski definition) is 2. The highest BCUT2D eigenvalue weighted by Crippen LogP contribution is 2.35. The van der Waals surface area contributed by atoms with Crippen LogP contribution in [0.25, 0.3) is 0 Å². The smallest absolute Gasteiger partial charge is 0.314 e. The lowest BCUT2D eigenvalue weighted by Gasteiger charge is -2.35. The number of urea groups is 1. The van der Waals surface area contributed by atoms with Gasteiger partial charge in [0.05, 0.1) is 6.61 Å². The second-order valence-corrected chi connectivity index (χ2v) is 5.68. The molecule has 0 unspecified atom stereocenters. The standard InChI is InChI=1S/C13H26N2O2/c1-11(2)8-14-12(17)15-9-13(10-16)6-4-3-5-7-13/h11,16H,3-10H2,1-2H3,(H2,14,15,17). The minimum Gasteiger partial charge on any atom is -0.396 e. The normalized spacial score (nSPS) is 19.1. The Morgan fingerprint density at radius 3 is 2.41 bits per heavy atom. The quantitative estimate of drug-likeness (QED) is 0.689. The van der Waals surface area contributed by atoms with Crippen molar-refractivity contribution in [2.75, 3.05) is 19.7 Å². The predicted octanol–water partition coefficient (Wildman–Crippen LogP) is 1.88. The van der Waals surface area contributed by atoms with Gasteiger partial charge in [-0.25, -0.2) is 4.79 Å². The molecule has 0 bridgehead atoms. The molecule has 1 aliphatic rings. The summed E-state index contributed by atoms with van der Waals surface area (Å²) in [7, 11) is 0. The Balaban J connectivity index is 2.29. The molecule has 17 heavy (non-hydrogen) atoms. The fourth-order valence-corrected chi connectivity index (χ4v) is 2.32. The summed E-state index contributed by atoms with van der Waals surface area (Å²) in [4.78, 5) is 11.5. The van der Waals surface area contributed by atoms with Crippen LogP contribution in [0, 0.1) is 11.3 Å². The van der Waals surface area contributed by atoms with Gasteiger partial charge in [-0.05, 0) is 18.8 Å². The van der Waals surface area contributed by atoms with E-state index in [0.717, 1.165) is 25.7 Å². The molecule has 0 aromatic heterocycles. The fraction of sp³-hybridized carbons (Fsp3) is 0.923. The van der Waals surface area contributed by atoms with Crippen molar-refractivity contribution in [3.05, 3.63) is 0 Å². The lowest BCUT2D eigenvalue weighted by molar-refractivity contribution is 0.0834. The maximum Gasteiger partial charge on any atom is 0.314 e. The number of hydrogen-bond donors (Lipinski definition) is 3. The Morgan fingerprint density at radius 2 is 1.88 bits per heavy atom. The van der Waals surface area contributed by atoms with E-state index in [-0.39, 0.29) is 18.1 Å². The molecule has 1 rings (SSSR count). The molecule has 0 radical (unpaired) electrons. The molecule has 0 atom stereocenters. The van der Waals surface area contributed by atoms with Crippen molar-refractivity contribution in [2.24, 2.45) is 11.3 Å². The Labute approximate surface area is 104 Å². The molecule has 1 aliphatic carbocycles. The van der Waals surface area contributed by atoms with Crippen LogP contribution in [0.15, 0.2) is 0 Å². The third kappa shape index (κ3) is 4.94. The van der Waals surface area contributed by atoms with E-state index in [4.69, 9.17) is 0 Å². The summed E-state index contributed by atoms with van der Waals surface area (Å²) >= 11 is 0. The Hall–Kier alpha value is -0.770. The minimum atomic E-state index is -0.114. The van der Waals surface area contributed by atoms with Crippen LogP contribution < -0.4 is 10.6 Å². The third-order valence-electron chi connectivity index (χ3n) is 3.54. The highest BCUT2D eigenvalue weighted by molar-refractivity contribution is 5.73. The minimum absolute atomic E-state index is 0.0760. The summed E-state index contributed by atoms with van der Waals surface area (Å²) in [5.41, 5.74) is -0.0760. The van der Waals surface area contributed by atoms with E-state index in [1.807, 2.05) is 0 Å². The van der Waals surface area contributed by atoms with E-state index in [1.165, 1.54) is 6.42 Å². The number of aliphatic hydroxyl groups excluding tert-OH is 1. The van der Waals surface area contributed by atoms with Crippen LogP contribution in [-0.4, -0.2) is 30.8 Å². The van der Waals surface area contributed by atoms with Gasteiger partial charge in [0.15, 0.2) is 0 Å². The number of nitrogens with one attached hydrogen (secondary N) is 2. The van der Waals surface area contributed by atoms with E-state index < -0.39 is 0 Å². The highest BCUT2D eigenvalue weighted by Gasteiger charge is 2.31. The first-order chi connectivity index (χ1) is 8.08. The van der Waals surface area contributed by atoms with Crippen molar-refractivity contribution in [1.29, 1.82) is 0 Å². The van der Waals surface area contributed by atoms with Crippen LogP contribution in [-0.2, 0) is 0 Å². The van der Waals surface area contributed by atoms with Gasteiger partial charge in [0, 0.05) is 18.5 Å². The molecule has 3 N–H and O–H groups in total. The lowest BCUT2D eigenvalue weighted by Crippen LogP contribution is -2.45. The molecule has 0 saturated heterocycles. The Kier molecular flexibility index (Phi) is 5.75. The zero-order valence-corrected chi connectivity index (χ0v) is 11.1. The van der Waals surface area contributed by atoms with Crippen molar-refractivity contribution in [2.45, 2.75) is 46.0 Å². The van der Waals surface area contributed by atoms with Gasteiger partial charge in [0.1, 0.15) is 0 Å². The van der Waals surface area contributed by atoms with Crippen molar-refractivity contribution >= 4 is 6.03 Å². The van der Waals surface area contributed by atoms with Gasteiger partial charge in [-0.2, -0.15) is 0 Å². The molecular formula is C13H26N2O2. The molecule has 0 aliphatic heterocycles. The lowest BCUT2D eigenvalue weighted by atomic mass is 9.74. The average molecular weight is 242 g/mol. The SMILES string of the molecule is CC(C)CNC(=O)NCC1(CO)CCCCC1. The first kappa shape index (κ1) is 14.3. The molecule has 1 saturated carbocycles. The number of carbonyl (C=O) groups excluding carboxylic acids is 1. The zero-order valence-electron chi connectivity index (χ0n) is 11.1. The zero-order chi connectivity index (χ0) is 12.7. The first-order valence-electron chi connectivity index (χ1n) is 6.70. The molecule has 1 fully saturated rings. The summed E-state index contributed by atoms with van der Waals surface area (Å²) in [6, 6.07) is -0.114. The van der Waals surface area contributed by atoms with E-state index in [9.17, 15) is 9.90 Å². The van der Waals surface area contributed by atoms with Crippen LogP contribution in [0.3, 0.4) is 0 Å². The molecule has 0 aromatic rings. The molecule has 100 valence electrons. The molecule has 0 spiro atoms. The van der Waals surface area contributed by atoms with Crippen LogP contribution in [0.5, 0.6) is 0 Å². The number of carbonyl (C=O) groups is 1. The highest BCUT2D eigenvalue weighted by atomic mass is 16.3. The molecule has 4 nitrogen and oxygen atoms in total. The number of rotatable bonds is 5. The number of amides is 2. The molecule has 4 heteroatoms. The van der Waals surface area contributed by atoms with Gasteiger partial charge in [-0.3, -0.25) is 0 Å². The van der Waals surface area contributed by atoms with Gasteiger partial charge in [0.2, 0.25) is 0 Å². The second-order valence-electron chi connectivity index (χ2n) is 5.68. The van der Waals surface area contributed by atoms with E-state index in [1.54, 1.807) is 0 Å². The molecule has 0 aromatic carbocycles. The fourth-order valence-electron chi connectivity index (χ4n) is 2.32. The van der Waals surface area contributed by atoms with Crippen molar-refractivity contribution in [3.63, 3.8) is 0 Å². The van der Waals surface area contributed by atoms with Gasteiger partial charge in [0.25, 0.3) is 0 Å². The van der Waals surface area contributed by atoms with E-state index in [0.29, 0.717) is 19.0 Å². The monoisotopic (exact) mass is 242 g/mol. The Morgan fingerprint density at radius 1 is 1.24 bits per heavy atom. The molecule has 2 amide bonds. The van der Waals surface area contributed by atoms with Crippen LogP contribution in [0.4, 0.5) is 4.79 Å². The largest absolute Gasteiger partial charge is 0.396 e. The maximum atomic E-state index is 11.5. The van der Waals surface area contributed by atoms with Crippen LogP contribution in [0.1, 0.15) is 46.0 Å². The summed E-state index contributed by atoms with van der Waals surface area (Å²) in [6.45, 7) is 5.59. The second kappa shape index (κ2) is 6.84. The Bertz CT molecular complexity index is 236. The average Bonchev–Trinajstić information content (AvgIpc) is 2.35. The first-order valence-corrected chi connectivity index (χ1v) is 6.70. The summed E-state index contributed by atoms with van der Waals surface area (Å²) in [5, 5.41) is 15.2. The summed E-state index contributed by atoms with van der Waals surface area (Å²) < 4.78 is 0. The summed E-state index contributed by atoms with van der Waals surface area (Å²) in [5.74, 6) is 0.460. The van der Waals surface area contributed by atoms with Gasteiger partial charge >= 0.3 is 6.03 Å². The van der Waals surface area contributed by atoms with Gasteiger partial charge in [-0.15, -0.1) is 0 Å². The van der Waals surface area contributed by atoms with Gasteiger partial charge < -0.3 is 15.7 Å². The van der Waals surface area contributed by atoms with Crippen molar-refractivity contribution in [1.82, 2.24) is 10.6 Å². The van der Waals surface area contributed by atoms with E-state index >= 15 is 0 Å². The van der Waals surface area contributed by atoms with Gasteiger partial charge in [-0.1, -0.05) is 33.1 Å². The van der Waals surface area contributed by atoms with E-state index in [2.05, 4.69) is 24.5 Å². The van der Waals surface area contributed by atoms with Crippen molar-refractivity contribution in [3.8, 4) is 0 Å². The summed E-state index contributed by atoms with van der Waals surface area (Å²) in [6.07, 6.45) is 5.62. The van der Waals surface area contributed by atoms with Crippen LogP contribution >= 0.6 is 0 Å². The topological polar surface area (TPSA) is 61.4 Å². The molecular weight excluding hydrogens is 216 g/mol. The molecule has 0 heterocycles.